The van der Waals surface area contributed by atoms with E-state index in [1.807, 2.05) is 11.0 Å². The lowest BCUT2D eigenvalue weighted by atomic mass is 10.1. The molecular weight excluding hydrogens is 359 g/mol. The van der Waals surface area contributed by atoms with Crippen LogP contribution in [0.3, 0.4) is 0 Å². The highest BCUT2D eigenvalue weighted by molar-refractivity contribution is 5.95. The van der Waals surface area contributed by atoms with Crippen molar-refractivity contribution in [3.63, 3.8) is 0 Å². The van der Waals surface area contributed by atoms with E-state index >= 15 is 0 Å². The number of piperazine rings is 1. The van der Waals surface area contributed by atoms with Crippen molar-refractivity contribution >= 4 is 11.6 Å². The third-order valence-corrected chi connectivity index (χ3v) is 4.17. The molecule has 2 aromatic rings. The zero-order valence-corrected chi connectivity index (χ0v) is 14.2. The number of hydrogen-bond donors (Lipinski definition) is 0. The minimum Gasteiger partial charge on any atom is -0.406 e. The van der Waals surface area contributed by atoms with Crippen LogP contribution in [0.5, 0.6) is 5.75 Å². The fraction of sp³-hybridized carbons (Fsp3) is 0.263. The molecule has 1 aliphatic rings. The van der Waals surface area contributed by atoms with E-state index < -0.39 is 6.36 Å². The van der Waals surface area contributed by atoms with Gasteiger partial charge in [-0.1, -0.05) is 12.1 Å². The molecule has 0 saturated carbocycles. The number of ether oxygens (including phenoxy) is 1. The van der Waals surface area contributed by atoms with Gasteiger partial charge in [-0.3, -0.25) is 9.69 Å². The summed E-state index contributed by atoms with van der Waals surface area (Å²) in [6, 6.07) is 14.5. The van der Waals surface area contributed by atoms with E-state index in [-0.39, 0.29) is 18.2 Å². The number of alkyl halides is 3. The van der Waals surface area contributed by atoms with Crippen LogP contribution in [0, 0.1) is 11.3 Å². The first-order valence-electron chi connectivity index (χ1n) is 8.21. The third kappa shape index (κ3) is 4.99. The molecule has 0 aromatic heterocycles. The molecule has 0 unspecified atom stereocenters. The predicted molar refractivity (Wildman–Crippen MR) is 91.9 cm³/mol. The van der Waals surface area contributed by atoms with Crippen molar-refractivity contribution in [3.8, 4) is 11.8 Å². The van der Waals surface area contributed by atoms with Gasteiger partial charge < -0.3 is 9.64 Å². The number of nitrogens with zero attached hydrogens (tertiary/aromatic N) is 3. The number of hydrogen-bond acceptors (Lipinski definition) is 4. The Morgan fingerprint density at radius 3 is 2.26 bits per heavy atom. The summed E-state index contributed by atoms with van der Waals surface area (Å²) in [6.07, 6.45) is -4.71. The van der Waals surface area contributed by atoms with E-state index in [4.69, 9.17) is 5.26 Å². The number of carbonyl (C=O) groups excluding carboxylic acids is 1. The van der Waals surface area contributed by atoms with Gasteiger partial charge in [0, 0.05) is 25.3 Å². The second-order valence-electron chi connectivity index (χ2n) is 6.11. The molecule has 2 aromatic carbocycles. The molecule has 140 valence electrons. The van der Waals surface area contributed by atoms with Crippen LogP contribution in [0.2, 0.25) is 0 Å². The number of anilines is 1. The number of halogens is 3. The molecule has 8 heteroatoms. The molecule has 0 radical (unpaired) electrons. The summed E-state index contributed by atoms with van der Waals surface area (Å²) >= 11 is 0. The van der Waals surface area contributed by atoms with Crippen LogP contribution in [-0.4, -0.2) is 36.8 Å². The molecule has 1 fully saturated rings. The zero-order chi connectivity index (χ0) is 19.4. The van der Waals surface area contributed by atoms with E-state index in [1.165, 1.54) is 12.1 Å². The summed E-state index contributed by atoms with van der Waals surface area (Å²) in [7, 11) is 0. The predicted octanol–water partition coefficient (Wildman–Crippen LogP) is 3.31. The molecule has 3 rings (SSSR count). The van der Waals surface area contributed by atoms with Crippen molar-refractivity contribution in [2.45, 2.75) is 12.9 Å². The van der Waals surface area contributed by atoms with Crippen LogP contribution in [0.1, 0.15) is 11.1 Å². The molecule has 1 aliphatic heterocycles. The molecule has 0 atom stereocenters. The fourth-order valence-electron chi connectivity index (χ4n) is 2.90. The Morgan fingerprint density at radius 1 is 1.04 bits per heavy atom. The van der Waals surface area contributed by atoms with Gasteiger partial charge in [0.15, 0.2) is 0 Å². The van der Waals surface area contributed by atoms with Crippen LogP contribution < -0.4 is 9.64 Å². The molecular formula is C19H16F3N3O2. The first-order valence-corrected chi connectivity index (χ1v) is 8.21. The smallest absolute Gasteiger partial charge is 0.406 e. The number of amides is 1. The molecule has 0 N–H and O–H groups in total. The molecule has 27 heavy (non-hydrogen) atoms. The van der Waals surface area contributed by atoms with Crippen LogP contribution >= 0.6 is 0 Å². The van der Waals surface area contributed by atoms with E-state index in [1.54, 1.807) is 41.3 Å². The third-order valence-electron chi connectivity index (χ3n) is 4.17. The van der Waals surface area contributed by atoms with Crippen LogP contribution in [0.15, 0.2) is 48.5 Å². The van der Waals surface area contributed by atoms with Gasteiger partial charge in [0.1, 0.15) is 5.75 Å². The van der Waals surface area contributed by atoms with Crippen molar-refractivity contribution in [3.05, 3.63) is 59.7 Å². The van der Waals surface area contributed by atoms with Crippen molar-refractivity contribution in [1.82, 2.24) is 4.90 Å². The fourth-order valence-corrected chi connectivity index (χ4v) is 2.90. The van der Waals surface area contributed by atoms with Crippen LogP contribution in [0.4, 0.5) is 18.9 Å². The van der Waals surface area contributed by atoms with Crippen LogP contribution in [0.25, 0.3) is 0 Å². The summed E-state index contributed by atoms with van der Waals surface area (Å²) in [5, 5.41) is 8.84. The number of benzene rings is 2. The monoisotopic (exact) mass is 375 g/mol. The largest absolute Gasteiger partial charge is 0.573 e. The average Bonchev–Trinajstić information content (AvgIpc) is 2.62. The molecule has 5 nitrogen and oxygen atoms in total. The van der Waals surface area contributed by atoms with Crippen molar-refractivity contribution in [1.29, 1.82) is 5.26 Å². The van der Waals surface area contributed by atoms with Gasteiger partial charge in [0.05, 0.1) is 18.2 Å². The first-order chi connectivity index (χ1) is 12.8. The zero-order valence-electron chi connectivity index (χ0n) is 14.2. The van der Waals surface area contributed by atoms with Crippen molar-refractivity contribution < 1.29 is 22.7 Å². The average molecular weight is 375 g/mol. The standard InChI is InChI=1S/C19H16F3N3O2/c20-19(21,22)27-17-7-3-15(4-8-17)12-24-9-10-25(18(26)13-24)16-5-1-14(11-23)2-6-16/h1-8H,9-10,12-13H2. The van der Waals surface area contributed by atoms with Gasteiger partial charge in [-0.05, 0) is 42.0 Å². The second-order valence-corrected chi connectivity index (χ2v) is 6.11. The quantitative estimate of drug-likeness (QED) is 0.823. The first kappa shape index (κ1) is 18.7. The Hall–Kier alpha value is -3.05. The maximum Gasteiger partial charge on any atom is 0.573 e. The highest BCUT2D eigenvalue weighted by Gasteiger charge is 2.31. The van der Waals surface area contributed by atoms with Gasteiger partial charge in [-0.15, -0.1) is 13.2 Å². The molecule has 1 amide bonds. The van der Waals surface area contributed by atoms with E-state index in [2.05, 4.69) is 4.74 Å². The minimum absolute atomic E-state index is 0.0667. The minimum atomic E-state index is -4.71. The molecule has 0 aliphatic carbocycles. The van der Waals surface area contributed by atoms with Gasteiger partial charge in [0.2, 0.25) is 5.91 Å². The lowest BCUT2D eigenvalue weighted by Crippen LogP contribution is -2.50. The summed E-state index contributed by atoms with van der Waals surface area (Å²) in [5.74, 6) is -0.337. The summed E-state index contributed by atoms with van der Waals surface area (Å²) in [5.41, 5.74) is 2.07. The van der Waals surface area contributed by atoms with Crippen molar-refractivity contribution in [2.75, 3.05) is 24.5 Å². The van der Waals surface area contributed by atoms with Gasteiger partial charge in [-0.25, -0.2) is 0 Å². The maximum absolute atomic E-state index is 12.4. The number of nitriles is 1. The molecule has 1 saturated heterocycles. The number of carbonyl (C=O) groups is 1. The SMILES string of the molecule is N#Cc1ccc(N2CCN(Cc3ccc(OC(F)(F)F)cc3)CC2=O)cc1. The Morgan fingerprint density at radius 2 is 1.70 bits per heavy atom. The Bertz CT molecular complexity index is 842. The van der Waals surface area contributed by atoms with Gasteiger partial charge in [-0.2, -0.15) is 5.26 Å². The topological polar surface area (TPSA) is 56.6 Å². The highest BCUT2D eigenvalue weighted by atomic mass is 19.4. The molecule has 0 bridgehead atoms. The van der Waals surface area contributed by atoms with E-state index in [0.717, 1.165) is 11.3 Å². The second kappa shape index (κ2) is 7.68. The lowest BCUT2D eigenvalue weighted by molar-refractivity contribution is -0.274. The Labute approximate surface area is 154 Å². The summed E-state index contributed by atoms with van der Waals surface area (Å²) in [6.45, 7) is 1.80. The Balaban J connectivity index is 1.58. The maximum atomic E-state index is 12.4. The van der Waals surface area contributed by atoms with Crippen LogP contribution in [-0.2, 0) is 11.3 Å². The van der Waals surface area contributed by atoms with Gasteiger partial charge >= 0.3 is 6.36 Å². The van der Waals surface area contributed by atoms with Gasteiger partial charge in [0.25, 0.3) is 0 Å². The lowest BCUT2D eigenvalue weighted by Gasteiger charge is -2.34. The normalized spacial score (nSPS) is 15.5. The van der Waals surface area contributed by atoms with Crippen molar-refractivity contribution in [2.24, 2.45) is 0 Å². The molecule has 0 spiro atoms. The highest BCUT2D eigenvalue weighted by Crippen LogP contribution is 2.24. The summed E-state index contributed by atoms with van der Waals surface area (Å²) in [4.78, 5) is 16.0. The van der Waals surface area contributed by atoms with E-state index in [0.29, 0.717) is 25.2 Å². The summed E-state index contributed by atoms with van der Waals surface area (Å²) < 4.78 is 40.4. The molecule has 1 heterocycles. The Kier molecular flexibility index (Phi) is 5.33. The van der Waals surface area contributed by atoms with E-state index in [9.17, 15) is 18.0 Å². The number of rotatable bonds is 4.